The second-order valence-corrected chi connectivity index (χ2v) is 7.56. The van der Waals surface area contributed by atoms with E-state index < -0.39 is 11.0 Å². The van der Waals surface area contributed by atoms with Crippen molar-refractivity contribution in [1.29, 1.82) is 0 Å². The number of aliphatic hydroxyl groups is 1. The van der Waals surface area contributed by atoms with Crippen molar-refractivity contribution in [2.45, 2.75) is 58.0 Å². The van der Waals surface area contributed by atoms with Gasteiger partial charge in [0.05, 0.1) is 12.0 Å². The van der Waals surface area contributed by atoms with Crippen LogP contribution in [0, 0.1) is 21.4 Å². The van der Waals surface area contributed by atoms with Crippen LogP contribution in [0.15, 0.2) is 12.1 Å². The van der Waals surface area contributed by atoms with Gasteiger partial charge >= 0.3 is 0 Å². The van der Waals surface area contributed by atoms with Crippen LogP contribution >= 0.6 is 0 Å². The Morgan fingerprint density at radius 2 is 1.91 bits per heavy atom. The minimum Gasteiger partial charge on any atom is -0.496 e. The van der Waals surface area contributed by atoms with Crippen LogP contribution in [0.1, 0.15) is 57.1 Å². The molecule has 0 amide bonds. The third-order valence-electron chi connectivity index (χ3n) is 5.89. The summed E-state index contributed by atoms with van der Waals surface area (Å²) in [6.45, 7) is 4.04. The zero-order valence-corrected chi connectivity index (χ0v) is 14.1. The molecular weight excluding hydrogens is 294 g/mol. The summed E-state index contributed by atoms with van der Waals surface area (Å²) in [5, 5.41) is 23.3. The van der Waals surface area contributed by atoms with Crippen LogP contribution in [0.25, 0.3) is 0 Å². The summed E-state index contributed by atoms with van der Waals surface area (Å²) < 4.78 is 5.49. The van der Waals surface area contributed by atoms with E-state index in [2.05, 4.69) is 0 Å². The van der Waals surface area contributed by atoms with Crippen molar-refractivity contribution in [3.63, 3.8) is 0 Å². The number of methoxy groups -OCH3 is 1. The lowest BCUT2D eigenvalue weighted by Gasteiger charge is -2.45. The molecule has 0 saturated heterocycles. The molecule has 23 heavy (non-hydrogen) atoms. The Labute approximate surface area is 136 Å². The fourth-order valence-electron chi connectivity index (χ4n) is 4.75. The summed E-state index contributed by atoms with van der Waals surface area (Å²) in [7, 11) is 1.56. The fourth-order valence-corrected chi connectivity index (χ4v) is 4.75. The molecule has 2 aliphatic carbocycles. The normalized spacial score (nSPS) is 26.8. The zero-order valence-electron chi connectivity index (χ0n) is 14.1. The Morgan fingerprint density at radius 1 is 1.26 bits per heavy atom. The van der Waals surface area contributed by atoms with Crippen LogP contribution in [-0.2, 0) is 12.0 Å². The maximum Gasteiger partial charge on any atom is 0.273 e. The first-order valence-electron chi connectivity index (χ1n) is 8.40. The first kappa shape index (κ1) is 16.2. The summed E-state index contributed by atoms with van der Waals surface area (Å²) in [5.41, 5.74) is -0.115. The van der Waals surface area contributed by atoms with Crippen molar-refractivity contribution in [3.8, 4) is 5.75 Å². The van der Waals surface area contributed by atoms with Crippen LogP contribution < -0.4 is 4.74 Å². The smallest absolute Gasteiger partial charge is 0.273 e. The lowest BCUT2D eigenvalue weighted by atomic mass is 9.64. The minimum absolute atomic E-state index is 0.0978. The average molecular weight is 319 g/mol. The molecule has 1 unspecified atom stereocenters. The quantitative estimate of drug-likeness (QED) is 0.676. The van der Waals surface area contributed by atoms with Gasteiger partial charge in [0.15, 0.2) is 0 Å². The van der Waals surface area contributed by atoms with E-state index in [4.69, 9.17) is 4.74 Å². The van der Waals surface area contributed by atoms with Crippen molar-refractivity contribution in [2.24, 2.45) is 11.3 Å². The van der Waals surface area contributed by atoms with E-state index >= 15 is 0 Å². The molecule has 0 aromatic heterocycles. The largest absolute Gasteiger partial charge is 0.496 e. The summed E-state index contributed by atoms with van der Waals surface area (Å²) in [5.74, 6) is 0.702. The van der Waals surface area contributed by atoms with Gasteiger partial charge in [0.1, 0.15) is 11.4 Å². The molecule has 5 heteroatoms. The molecule has 0 radical (unpaired) electrons. The van der Waals surface area contributed by atoms with Crippen molar-refractivity contribution in [2.75, 3.05) is 7.11 Å². The van der Waals surface area contributed by atoms with Crippen LogP contribution in [0.3, 0.4) is 0 Å². The van der Waals surface area contributed by atoms with Gasteiger partial charge in [-0.25, -0.2) is 0 Å². The summed E-state index contributed by atoms with van der Waals surface area (Å²) >= 11 is 0. The molecule has 126 valence electrons. The Bertz CT molecular complexity index is 634. The number of nitro groups is 1. The van der Waals surface area contributed by atoms with Gasteiger partial charge in [0, 0.05) is 22.6 Å². The molecule has 1 N–H and O–H groups in total. The van der Waals surface area contributed by atoms with Crippen LogP contribution in [0.5, 0.6) is 5.75 Å². The van der Waals surface area contributed by atoms with Gasteiger partial charge in [-0.1, -0.05) is 33.1 Å². The SMILES string of the molecule is COc1ccc([N+](=O)[O-])c2c1C(O)(C1CCCCC1)C(C)(C)C2. The highest BCUT2D eigenvalue weighted by molar-refractivity contribution is 5.59. The van der Waals surface area contributed by atoms with Crippen LogP contribution in [0.2, 0.25) is 0 Å². The van der Waals surface area contributed by atoms with E-state index in [-0.39, 0.29) is 16.5 Å². The van der Waals surface area contributed by atoms with Crippen LogP contribution in [0.4, 0.5) is 5.69 Å². The number of hydrogen-bond acceptors (Lipinski definition) is 4. The molecule has 3 rings (SSSR count). The highest BCUT2D eigenvalue weighted by Gasteiger charge is 2.58. The Kier molecular flexibility index (Phi) is 3.87. The van der Waals surface area contributed by atoms with E-state index in [0.29, 0.717) is 23.3 Å². The number of benzene rings is 1. The second-order valence-electron chi connectivity index (χ2n) is 7.56. The molecule has 1 aromatic rings. The van der Waals surface area contributed by atoms with Gasteiger partial charge in [0.25, 0.3) is 5.69 Å². The first-order valence-corrected chi connectivity index (χ1v) is 8.40. The van der Waals surface area contributed by atoms with Gasteiger partial charge in [0.2, 0.25) is 0 Å². The van der Waals surface area contributed by atoms with Gasteiger partial charge in [-0.3, -0.25) is 10.1 Å². The third-order valence-corrected chi connectivity index (χ3v) is 5.89. The van der Waals surface area contributed by atoms with E-state index in [1.165, 1.54) is 12.5 Å². The second kappa shape index (κ2) is 5.48. The maximum absolute atomic E-state index is 11.8. The molecule has 0 aliphatic heterocycles. The molecule has 1 saturated carbocycles. The molecule has 0 spiro atoms. The predicted molar refractivity (Wildman–Crippen MR) is 87.6 cm³/mol. The first-order chi connectivity index (χ1) is 10.8. The van der Waals surface area contributed by atoms with E-state index in [9.17, 15) is 15.2 Å². The molecular formula is C18H25NO4. The molecule has 1 fully saturated rings. The van der Waals surface area contributed by atoms with Crippen molar-refractivity contribution in [1.82, 2.24) is 0 Å². The number of hydrogen-bond donors (Lipinski definition) is 1. The molecule has 0 bridgehead atoms. The topological polar surface area (TPSA) is 72.6 Å². The Balaban J connectivity index is 2.23. The summed E-state index contributed by atoms with van der Waals surface area (Å²) in [4.78, 5) is 11.1. The van der Waals surface area contributed by atoms with Crippen molar-refractivity contribution < 1.29 is 14.8 Å². The maximum atomic E-state index is 11.8. The zero-order chi connectivity index (χ0) is 16.8. The lowest BCUT2D eigenvalue weighted by molar-refractivity contribution is -0.385. The molecule has 2 aliphatic rings. The van der Waals surface area contributed by atoms with Crippen LogP contribution in [-0.4, -0.2) is 17.1 Å². The van der Waals surface area contributed by atoms with Gasteiger partial charge < -0.3 is 9.84 Å². The molecule has 0 heterocycles. The van der Waals surface area contributed by atoms with E-state index in [1.807, 2.05) is 13.8 Å². The van der Waals surface area contributed by atoms with Gasteiger partial charge in [-0.15, -0.1) is 0 Å². The fraction of sp³-hybridized carbons (Fsp3) is 0.667. The van der Waals surface area contributed by atoms with Crippen molar-refractivity contribution in [3.05, 3.63) is 33.4 Å². The van der Waals surface area contributed by atoms with E-state index in [0.717, 1.165) is 25.7 Å². The van der Waals surface area contributed by atoms with E-state index in [1.54, 1.807) is 13.2 Å². The van der Waals surface area contributed by atoms with Gasteiger partial charge in [-0.2, -0.15) is 0 Å². The Morgan fingerprint density at radius 3 is 2.48 bits per heavy atom. The minimum atomic E-state index is -1.07. The van der Waals surface area contributed by atoms with Gasteiger partial charge in [-0.05, 0) is 31.2 Å². The molecule has 1 aromatic carbocycles. The van der Waals surface area contributed by atoms with Crippen molar-refractivity contribution >= 4 is 5.69 Å². The number of fused-ring (bicyclic) bond motifs is 1. The molecule has 1 atom stereocenters. The Hall–Kier alpha value is -1.62. The monoisotopic (exact) mass is 319 g/mol. The lowest BCUT2D eigenvalue weighted by Crippen LogP contribution is -2.46. The summed E-state index contributed by atoms with van der Waals surface area (Å²) in [6, 6.07) is 3.13. The third kappa shape index (κ3) is 2.24. The predicted octanol–water partition coefficient (Wildman–Crippen LogP) is 3.95. The number of nitrogens with zero attached hydrogens (tertiary/aromatic N) is 1. The highest BCUT2D eigenvalue weighted by atomic mass is 16.6. The number of rotatable bonds is 3. The highest BCUT2D eigenvalue weighted by Crippen LogP contribution is 2.60. The standard InChI is InChI=1S/C18H25NO4/c1-17(2)11-13-14(19(21)22)9-10-15(23-3)16(13)18(17,20)12-7-5-4-6-8-12/h9-10,12,20H,4-8,11H2,1-3H3. The summed E-state index contributed by atoms with van der Waals surface area (Å²) in [6.07, 6.45) is 5.84. The molecule has 5 nitrogen and oxygen atoms in total. The average Bonchev–Trinajstić information content (AvgIpc) is 2.75. The number of ether oxygens (including phenoxy) is 1. The number of nitro benzene ring substituents is 1.